The van der Waals surface area contributed by atoms with Crippen LogP contribution in [0, 0.1) is 0 Å². The van der Waals surface area contributed by atoms with Gasteiger partial charge in [-0.3, -0.25) is 4.79 Å². The molecule has 0 saturated carbocycles. The first kappa shape index (κ1) is 32.1. The van der Waals surface area contributed by atoms with Crippen molar-refractivity contribution in [2.24, 2.45) is 0 Å². The van der Waals surface area contributed by atoms with Gasteiger partial charge in [0.2, 0.25) is 15.9 Å². The van der Waals surface area contributed by atoms with E-state index in [1.54, 1.807) is 11.0 Å². The van der Waals surface area contributed by atoms with Gasteiger partial charge >= 0.3 is 12.1 Å². The smallest absolute Gasteiger partial charge is 0.490 e. The fraction of sp³-hybridized carbons (Fsp3) is 0.652. The van der Waals surface area contributed by atoms with E-state index in [1.807, 2.05) is 0 Å². The molecule has 0 radical (unpaired) electrons. The molecule has 1 aromatic rings. The van der Waals surface area contributed by atoms with Crippen molar-refractivity contribution in [3.8, 4) is 5.75 Å². The molecule has 1 amide bonds. The van der Waals surface area contributed by atoms with Crippen LogP contribution in [0.4, 0.5) is 13.2 Å². The van der Waals surface area contributed by atoms with Gasteiger partial charge in [-0.2, -0.15) is 17.5 Å². The van der Waals surface area contributed by atoms with E-state index < -0.39 is 22.2 Å². The number of ether oxygens (including phenoxy) is 1. The van der Waals surface area contributed by atoms with Crippen molar-refractivity contribution in [2.45, 2.75) is 36.8 Å². The van der Waals surface area contributed by atoms with Gasteiger partial charge in [0.15, 0.2) is 0 Å². The highest BCUT2D eigenvalue weighted by molar-refractivity contribution is 7.89. The molecular weight excluding hydrogens is 553 g/mol. The summed E-state index contributed by atoms with van der Waals surface area (Å²) in [7, 11) is -2.29. The number of nitrogens with one attached hydrogen (secondary N) is 1. The normalized spacial score (nSPS) is 16.7. The lowest BCUT2D eigenvalue weighted by molar-refractivity contribution is -0.192. The molecule has 2 aliphatic heterocycles. The number of methoxy groups -OCH3 is 1. The van der Waals surface area contributed by atoms with Gasteiger partial charge < -0.3 is 25.0 Å². The Morgan fingerprint density at radius 1 is 1.13 bits per heavy atom. The molecule has 38 heavy (non-hydrogen) atoms. The van der Waals surface area contributed by atoms with Crippen LogP contribution in [0.25, 0.3) is 0 Å². The Hall–Kier alpha value is -2.13. The molecule has 1 aromatic carbocycles. The zero-order chi connectivity index (χ0) is 28.3. The number of carbonyl (C=O) groups excluding carboxylic acids is 1. The number of hydrogen-bond acceptors (Lipinski definition) is 7. The van der Waals surface area contributed by atoms with Gasteiger partial charge in [0.05, 0.1) is 17.0 Å². The van der Waals surface area contributed by atoms with Crippen LogP contribution in [0.15, 0.2) is 23.1 Å². The van der Waals surface area contributed by atoms with E-state index in [1.165, 1.54) is 36.4 Å². The molecule has 3 rings (SSSR count). The molecule has 0 aromatic heterocycles. The van der Waals surface area contributed by atoms with Gasteiger partial charge in [-0.15, -0.1) is 0 Å². The van der Waals surface area contributed by atoms with Gasteiger partial charge in [-0.1, -0.05) is 11.6 Å². The quantitative estimate of drug-likeness (QED) is 0.429. The van der Waals surface area contributed by atoms with E-state index in [4.69, 9.17) is 26.2 Å². The molecule has 0 spiro atoms. The first-order valence-electron chi connectivity index (χ1n) is 12.2. The summed E-state index contributed by atoms with van der Waals surface area (Å²) in [6.07, 6.45) is -1.78. The molecule has 2 saturated heterocycles. The van der Waals surface area contributed by atoms with Crippen molar-refractivity contribution < 1.29 is 41.0 Å². The number of piperazine rings is 1. The summed E-state index contributed by atoms with van der Waals surface area (Å²) in [6, 6.07) is 4.48. The molecule has 216 valence electrons. The van der Waals surface area contributed by atoms with Gasteiger partial charge in [0, 0.05) is 45.7 Å². The van der Waals surface area contributed by atoms with Gasteiger partial charge in [0.1, 0.15) is 5.75 Å². The van der Waals surface area contributed by atoms with Crippen LogP contribution in [0.3, 0.4) is 0 Å². The maximum atomic E-state index is 13.4. The number of aliphatic carboxylic acids is 1. The molecule has 0 aliphatic carbocycles. The van der Waals surface area contributed by atoms with Crippen molar-refractivity contribution in [3.63, 3.8) is 0 Å². The van der Waals surface area contributed by atoms with Gasteiger partial charge in [-0.05, 0) is 57.1 Å². The van der Waals surface area contributed by atoms with E-state index in [-0.39, 0.29) is 28.8 Å². The van der Waals surface area contributed by atoms with E-state index in [2.05, 4.69) is 10.2 Å². The third kappa shape index (κ3) is 9.88. The summed E-state index contributed by atoms with van der Waals surface area (Å²) in [4.78, 5) is 25.8. The number of sulfonamides is 1. The summed E-state index contributed by atoms with van der Waals surface area (Å²) in [6.45, 7) is 6.41. The minimum Gasteiger partial charge on any atom is -0.495 e. The summed E-state index contributed by atoms with van der Waals surface area (Å²) in [5.74, 6) is -2.34. The van der Waals surface area contributed by atoms with Crippen LogP contribution >= 0.6 is 11.6 Å². The Morgan fingerprint density at radius 2 is 1.74 bits per heavy atom. The van der Waals surface area contributed by atoms with Crippen molar-refractivity contribution >= 4 is 33.5 Å². The number of halogens is 4. The van der Waals surface area contributed by atoms with Crippen LogP contribution < -0.4 is 10.1 Å². The molecule has 15 heteroatoms. The maximum absolute atomic E-state index is 13.4. The van der Waals surface area contributed by atoms with Gasteiger partial charge in [0.25, 0.3) is 0 Å². The van der Waals surface area contributed by atoms with E-state index in [0.717, 1.165) is 39.1 Å². The average molecular weight is 587 g/mol. The van der Waals surface area contributed by atoms with Crippen LogP contribution in [0.2, 0.25) is 5.02 Å². The summed E-state index contributed by atoms with van der Waals surface area (Å²) in [5, 5.41) is 10.6. The lowest BCUT2D eigenvalue weighted by Gasteiger charge is -2.29. The van der Waals surface area contributed by atoms with Crippen LogP contribution in [-0.4, -0.2) is 112 Å². The molecule has 2 fully saturated rings. The van der Waals surface area contributed by atoms with E-state index in [0.29, 0.717) is 25.4 Å². The molecule has 0 unspecified atom stereocenters. The second-order valence-corrected chi connectivity index (χ2v) is 11.1. The second kappa shape index (κ2) is 14.9. The Bertz CT molecular complexity index is 1030. The molecule has 0 bridgehead atoms. The minimum absolute atomic E-state index is 0.00555. The van der Waals surface area contributed by atoms with E-state index in [9.17, 15) is 26.4 Å². The highest BCUT2D eigenvalue weighted by Gasteiger charge is 2.38. The van der Waals surface area contributed by atoms with Gasteiger partial charge in [-0.25, -0.2) is 13.2 Å². The summed E-state index contributed by atoms with van der Waals surface area (Å²) < 4.78 is 65.1. The number of carboxylic acid groups (broad SMARTS) is 1. The maximum Gasteiger partial charge on any atom is 0.490 e. The SMILES string of the molecule is COc1ccc(S(=O)(=O)N(CCCN2CCCC2)CCC(=O)N2CCNCC2)cc1Cl.O=C(O)C(F)(F)F. The summed E-state index contributed by atoms with van der Waals surface area (Å²) >= 11 is 6.18. The number of amides is 1. The number of carboxylic acids is 1. The zero-order valence-electron chi connectivity index (χ0n) is 21.2. The third-order valence-electron chi connectivity index (χ3n) is 6.13. The second-order valence-electron chi connectivity index (χ2n) is 8.79. The number of nitrogens with zero attached hydrogens (tertiary/aromatic N) is 3. The molecule has 2 aliphatic rings. The number of benzene rings is 1. The Kier molecular flexibility index (Phi) is 12.6. The first-order chi connectivity index (χ1) is 17.9. The number of rotatable bonds is 10. The molecule has 10 nitrogen and oxygen atoms in total. The zero-order valence-corrected chi connectivity index (χ0v) is 22.7. The Balaban J connectivity index is 0.000000638. The molecular formula is C23H34ClF3N4O6S. The predicted octanol–water partition coefficient (Wildman–Crippen LogP) is 2.28. The fourth-order valence-electron chi connectivity index (χ4n) is 4.08. The van der Waals surface area contributed by atoms with Crippen LogP contribution in [0.5, 0.6) is 5.75 Å². The van der Waals surface area contributed by atoms with Crippen LogP contribution in [0.1, 0.15) is 25.7 Å². The average Bonchev–Trinajstić information content (AvgIpc) is 3.39. The third-order valence-corrected chi connectivity index (χ3v) is 8.32. The number of carbonyl (C=O) groups is 2. The van der Waals surface area contributed by atoms with Crippen LogP contribution in [-0.2, 0) is 19.6 Å². The summed E-state index contributed by atoms with van der Waals surface area (Å²) in [5.41, 5.74) is 0. The Morgan fingerprint density at radius 3 is 2.26 bits per heavy atom. The number of hydrogen-bond donors (Lipinski definition) is 2. The number of likely N-dealkylation sites (tertiary alicyclic amines) is 1. The standard InChI is InChI=1S/C21H33ClN4O4S.C2HF3O2/c1-30-20-6-5-18(17-19(20)22)31(28,29)26(13-4-12-24-10-2-3-11-24)14-7-21(27)25-15-8-23-9-16-25;3-2(4,5)1(6)7/h5-6,17,23H,2-4,7-16H2,1H3;(H,6,7). The van der Waals surface area contributed by atoms with Crippen molar-refractivity contribution in [1.82, 2.24) is 19.4 Å². The number of alkyl halides is 3. The van der Waals surface area contributed by atoms with Crippen molar-refractivity contribution in [3.05, 3.63) is 23.2 Å². The molecule has 0 atom stereocenters. The lowest BCUT2D eigenvalue weighted by Crippen LogP contribution is -2.47. The lowest BCUT2D eigenvalue weighted by atomic mass is 10.3. The fourth-order valence-corrected chi connectivity index (χ4v) is 5.91. The molecule has 2 N–H and O–H groups in total. The highest BCUT2D eigenvalue weighted by atomic mass is 35.5. The monoisotopic (exact) mass is 586 g/mol. The van der Waals surface area contributed by atoms with E-state index >= 15 is 0 Å². The Labute approximate surface area is 225 Å². The van der Waals surface area contributed by atoms with Crippen molar-refractivity contribution in [1.29, 1.82) is 0 Å². The highest BCUT2D eigenvalue weighted by Crippen LogP contribution is 2.28. The first-order valence-corrected chi connectivity index (χ1v) is 14.0. The minimum atomic E-state index is -5.08. The largest absolute Gasteiger partial charge is 0.495 e. The van der Waals surface area contributed by atoms with Crippen molar-refractivity contribution in [2.75, 3.05) is 66.0 Å². The predicted molar refractivity (Wildman–Crippen MR) is 135 cm³/mol. The molecule has 2 heterocycles. The topological polar surface area (TPSA) is 119 Å².